The van der Waals surface area contributed by atoms with E-state index in [0.717, 1.165) is 5.69 Å². The van der Waals surface area contributed by atoms with Crippen LogP contribution >= 0.6 is 0 Å². The predicted octanol–water partition coefficient (Wildman–Crippen LogP) is 1.00. The first-order valence-corrected chi connectivity index (χ1v) is 11.2. The summed E-state index contributed by atoms with van der Waals surface area (Å²) < 4.78 is 0. The van der Waals surface area contributed by atoms with Gasteiger partial charge >= 0.3 is 0 Å². The van der Waals surface area contributed by atoms with Gasteiger partial charge in [-0.25, -0.2) is 0 Å². The summed E-state index contributed by atoms with van der Waals surface area (Å²) in [6.45, 7) is 2.65. The van der Waals surface area contributed by atoms with Gasteiger partial charge in [0.1, 0.15) is 0 Å². The molecule has 3 heterocycles. The Morgan fingerprint density at radius 1 is 0.774 bits per heavy atom. The topological polar surface area (TPSA) is 104 Å². The van der Waals surface area contributed by atoms with Gasteiger partial charge < -0.3 is 20.4 Å². The molecule has 8 heteroatoms. The van der Waals surface area contributed by atoms with Crippen molar-refractivity contribution in [2.75, 3.05) is 37.6 Å². The molecule has 2 N–H and O–H groups in total. The fourth-order valence-electron chi connectivity index (χ4n) is 4.98. The largest absolute Gasteiger partial charge is 0.369 e. The molecule has 1 aromatic rings. The van der Waals surface area contributed by atoms with Crippen LogP contribution in [-0.2, 0) is 19.2 Å². The van der Waals surface area contributed by atoms with Crippen molar-refractivity contribution in [2.45, 2.75) is 32.1 Å². The maximum Gasteiger partial charge on any atom is 0.228 e. The summed E-state index contributed by atoms with van der Waals surface area (Å²) in [6.07, 6.45) is 2.78. The summed E-state index contributed by atoms with van der Waals surface area (Å²) in [5, 5.41) is 0. The van der Waals surface area contributed by atoms with E-state index < -0.39 is 0 Å². The molecular weight excluding hydrogens is 396 g/mol. The number of piperidine rings is 2. The molecule has 0 bridgehead atoms. The van der Waals surface area contributed by atoms with E-state index in [4.69, 9.17) is 5.73 Å². The Labute approximate surface area is 182 Å². The van der Waals surface area contributed by atoms with Crippen LogP contribution < -0.4 is 10.6 Å². The molecule has 3 aliphatic rings. The molecule has 166 valence electrons. The first-order chi connectivity index (χ1) is 14.9. The van der Waals surface area contributed by atoms with Crippen LogP contribution in [0.2, 0.25) is 0 Å². The summed E-state index contributed by atoms with van der Waals surface area (Å²) in [4.78, 5) is 55.0. The molecule has 4 rings (SSSR count). The number of carbonyl (C=O) groups excluding carboxylic acids is 4. The molecular formula is C23H30N4O4. The van der Waals surface area contributed by atoms with E-state index in [0.29, 0.717) is 58.4 Å². The Hall–Kier alpha value is -2.90. The molecule has 0 radical (unpaired) electrons. The van der Waals surface area contributed by atoms with E-state index in [1.165, 1.54) is 0 Å². The highest BCUT2D eigenvalue weighted by atomic mass is 16.2. The minimum Gasteiger partial charge on any atom is -0.369 e. The molecule has 31 heavy (non-hydrogen) atoms. The standard InChI is InChI=1S/C23H30N4O4/c24-21(29)16-6-10-25(11-7-16)22(30)17-8-12-26(13-9-17)23(31)18-14-20(28)27(15-18)19-4-2-1-3-5-19/h1-5,16-18H,6-15H2,(H2,24,29). The van der Waals surface area contributed by atoms with Crippen molar-refractivity contribution in [3.8, 4) is 0 Å². The molecule has 1 aromatic carbocycles. The van der Waals surface area contributed by atoms with Crippen LogP contribution in [0.3, 0.4) is 0 Å². The monoisotopic (exact) mass is 426 g/mol. The second kappa shape index (κ2) is 9.08. The number of hydrogen-bond acceptors (Lipinski definition) is 4. The third-order valence-electron chi connectivity index (χ3n) is 6.91. The van der Waals surface area contributed by atoms with Gasteiger partial charge in [-0.05, 0) is 37.8 Å². The number of nitrogens with two attached hydrogens (primary N) is 1. The summed E-state index contributed by atoms with van der Waals surface area (Å²) in [6, 6.07) is 9.44. The molecule has 3 aliphatic heterocycles. The lowest BCUT2D eigenvalue weighted by atomic mass is 9.91. The Morgan fingerprint density at radius 2 is 1.29 bits per heavy atom. The number of primary amides is 1. The number of benzene rings is 1. The van der Waals surface area contributed by atoms with Crippen molar-refractivity contribution in [1.29, 1.82) is 0 Å². The number of rotatable bonds is 4. The minimum atomic E-state index is -0.326. The molecule has 1 atom stereocenters. The number of hydrogen-bond donors (Lipinski definition) is 1. The second-order valence-electron chi connectivity index (χ2n) is 8.84. The molecule has 8 nitrogen and oxygen atoms in total. The summed E-state index contributed by atoms with van der Waals surface area (Å²) in [7, 11) is 0. The van der Waals surface area contributed by atoms with Crippen LogP contribution in [0.1, 0.15) is 32.1 Å². The number of carbonyl (C=O) groups is 4. The smallest absolute Gasteiger partial charge is 0.228 e. The van der Waals surface area contributed by atoms with Crippen LogP contribution in [0.4, 0.5) is 5.69 Å². The van der Waals surface area contributed by atoms with Gasteiger partial charge in [0.2, 0.25) is 23.6 Å². The Balaban J connectivity index is 1.27. The van der Waals surface area contributed by atoms with Crippen molar-refractivity contribution in [2.24, 2.45) is 23.5 Å². The van der Waals surface area contributed by atoms with Crippen molar-refractivity contribution in [3.63, 3.8) is 0 Å². The molecule has 0 saturated carbocycles. The Morgan fingerprint density at radius 3 is 1.84 bits per heavy atom. The van der Waals surface area contributed by atoms with Gasteiger partial charge in [0.05, 0.1) is 5.92 Å². The fourth-order valence-corrected chi connectivity index (χ4v) is 4.98. The van der Waals surface area contributed by atoms with E-state index in [2.05, 4.69) is 0 Å². The van der Waals surface area contributed by atoms with Gasteiger partial charge in [-0.15, -0.1) is 0 Å². The SMILES string of the molecule is NC(=O)C1CCN(C(=O)C2CCN(C(=O)C3CC(=O)N(c4ccccc4)C3)CC2)CC1. The zero-order valence-corrected chi connectivity index (χ0v) is 17.7. The summed E-state index contributed by atoms with van der Waals surface area (Å²) >= 11 is 0. The average molecular weight is 427 g/mol. The van der Waals surface area contributed by atoms with E-state index in [9.17, 15) is 19.2 Å². The first kappa shape index (κ1) is 21.3. The molecule has 4 amide bonds. The molecule has 3 fully saturated rings. The number of nitrogens with zero attached hydrogens (tertiary/aromatic N) is 3. The van der Waals surface area contributed by atoms with E-state index >= 15 is 0 Å². The quantitative estimate of drug-likeness (QED) is 0.776. The second-order valence-corrected chi connectivity index (χ2v) is 8.84. The number of para-hydroxylation sites is 1. The highest BCUT2D eigenvalue weighted by Gasteiger charge is 2.39. The number of likely N-dealkylation sites (tertiary alicyclic amines) is 2. The van der Waals surface area contributed by atoms with Crippen LogP contribution in [0.5, 0.6) is 0 Å². The average Bonchev–Trinajstić information content (AvgIpc) is 3.20. The van der Waals surface area contributed by atoms with E-state index in [-0.39, 0.29) is 47.8 Å². The highest BCUT2D eigenvalue weighted by Crippen LogP contribution is 2.29. The van der Waals surface area contributed by atoms with Crippen molar-refractivity contribution in [3.05, 3.63) is 30.3 Å². The zero-order chi connectivity index (χ0) is 22.0. The fraction of sp³-hybridized carbons (Fsp3) is 0.565. The first-order valence-electron chi connectivity index (χ1n) is 11.2. The van der Waals surface area contributed by atoms with Crippen LogP contribution in [0.15, 0.2) is 30.3 Å². The summed E-state index contributed by atoms with van der Waals surface area (Å²) in [5.74, 6) is -0.702. The van der Waals surface area contributed by atoms with Crippen LogP contribution in [0, 0.1) is 17.8 Å². The minimum absolute atomic E-state index is 0.0138. The number of anilines is 1. The maximum atomic E-state index is 13.0. The third-order valence-corrected chi connectivity index (χ3v) is 6.91. The van der Waals surface area contributed by atoms with Crippen LogP contribution in [0.25, 0.3) is 0 Å². The van der Waals surface area contributed by atoms with E-state index in [1.54, 1.807) is 4.90 Å². The molecule has 0 aromatic heterocycles. The van der Waals surface area contributed by atoms with E-state index in [1.807, 2.05) is 40.1 Å². The van der Waals surface area contributed by atoms with Crippen molar-refractivity contribution < 1.29 is 19.2 Å². The maximum absolute atomic E-state index is 13.0. The Kier molecular flexibility index (Phi) is 6.25. The van der Waals surface area contributed by atoms with Crippen molar-refractivity contribution in [1.82, 2.24) is 9.80 Å². The Bertz CT molecular complexity index is 842. The van der Waals surface area contributed by atoms with Gasteiger partial charge in [-0.1, -0.05) is 18.2 Å². The molecule has 3 saturated heterocycles. The molecule has 1 unspecified atom stereocenters. The predicted molar refractivity (Wildman–Crippen MR) is 115 cm³/mol. The zero-order valence-electron chi connectivity index (χ0n) is 17.7. The lowest BCUT2D eigenvalue weighted by Crippen LogP contribution is -2.48. The molecule has 0 spiro atoms. The lowest BCUT2D eigenvalue weighted by Gasteiger charge is -2.37. The normalized spacial score (nSPS) is 23.3. The van der Waals surface area contributed by atoms with Gasteiger partial charge in [-0.2, -0.15) is 0 Å². The van der Waals surface area contributed by atoms with Gasteiger partial charge in [0.15, 0.2) is 0 Å². The van der Waals surface area contributed by atoms with Crippen molar-refractivity contribution >= 4 is 29.3 Å². The molecule has 0 aliphatic carbocycles. The van der Waals surface area contributed by atoms with Gasteiger partial charge in [0, 0.05) is 56.7 Å². The summed E-state index contributed by atoms with van der Waals surface area (Å²) in [5.41, 5.74) is 6.20. The van der Waals surface area contributed by atoms with Gasteiger partial charge in [-0.3, -0.25) is 19.2 Å². The highest BCUT2D eigenvalue weighted by molar-refractivity contribution is 6.00. The van der Waals surface area contributed by atoms with Crippen LogP contribution in [-0.4, -0.2) is 66.2 Å². The number of amides is 4. The lowest BCUT2D eigenvalue weighted by molar-refractivity contribution is -0.143. The van der Waals surface area contributed by atoms with Gasteiger partial charge in [0.25, 0.3) is 0 Å². The third kappa shape index (κ3) is 4.57.